The van der Waals surface area contributed by atoms with Crippen molar-refractivity contribution >= 4 is 53.1 Å². The van der Waals surface area contributed by atoms with Crippen molar-refractivity contribution in [3.63, 3.8) is 0 Å². The Morgan fingerprint density at radius 2 is 2.00 bits per heavy atom. The molecular weight excluding hydrogens is 424 g/mol. The number of hydrogen-bond acceptors (Lipinski definition) is 2. The second kappa shape index (κ2) is 10.5. The van der Waals surface area contributed by atoms with Crippen molar-refractivity contribution in [2.75, 3.05) is 13.2 Å². The summed E-state index contributed by atoms with van der Waals surface area (Å²) < 4.78 is 5.39. The van der Waals surface area contributed by atoms with E-state index in [1.165, 1.54) is 0 Å². The summed E-state index contributed by atoms with van der Waals surface area (Å²) in [6, 6.07) is 5.33. The fourth-order valence-electron chi connectivity index (χ4n) is 1.65. The van der Waals surface area contributed by atoms with Crippen molar-refractivity contribution in [1.29, 1.82) is 0 Å². The van der Waals surface area contributed by atoms with E-state index >= 15 is 0 Å². The minimum Gasteiger partial charge on any atom is -0.377 e. The number of nitrogens with zero attached hydrogens (tertiary/aromatic N) is 1. The molecule has 120 valence electrons. The molecule has 0 heterocycles. The summed E-state index contributed by atoms with van der Waals surface area (Å²) >= 11 is 12.0. The van der Waals surface area contributed by atoms with Gasteiger partial charge in [0.05, 0.1) is 25.3 Å². The molecule has 0 aliphatic rings. The van der Waals surface area contributed by atoms with E-state index in [-0.39, 0.29) is 36.1 Å². The number of aliphatic imine (C=N–C) groups is 1. The highest BCUT2D eigenvalue weighted by molar-refractivity contribution is 14.0. The van der Waals surface area contributed by atoms with Crippen LogP contribution in [0.5, 0.6) is 0 Å². The molecule has 21 heavy (non-hydrogen) atoms. The summed E-state index contributed by atoms with van der Waals surface area (Å²) in [5, 5.41) is 4.30. The summed E-state index contributed by atoms with van der Waals surface area (Å²) in [6.45, 7) is 7.00. The van der Waals surface area contributed by atoms with Crippen LogP contribution >= 0.6 is 47.2 Å². The van der Waals surface area contributed by atoms with Crippen LogP contribution in [0.15, 0.2) is 23.2 Å². The number of nitrogens with two attached hydrogens (primary N) is 1. The van der Waals surface area contributed by atoms with Gasteiger partial charge in [0.25, 0.3) is 0 Å². The van der Waals surface area contributed by atoms with Crippen LogP contribution in [0.3, 0.4) is 0 Å². The molecule has 1 aromatic carbocycles. The van der Waals surface area contributed by atoms with E-state index in [9.17, 15) is 0 Å². The lowest BCUT2D eigenvalue weighted by Gasteiger charge is -2.16. The molecular formula is C14H22Cl2IN3O. The van der Waals surface area contributed by atoms with Crippen molar-refractivity contribution in [1.82, 2.24) is 5.32 Å². The lowest BCUT2D eigenvalue weighted by atomic mass is 10.1. The van der Waals surface area contributed by atoms with Crippen LogP contribution in [0.4, 0.5) is 0 Å². The lowest BCUT2D eigenvalue weighted by molar-refractivity contribution is 0.0853. The third-order valence-corrected chi connectivity index (χ3v) is 3.18. The molecule has 0 spiro atoms. The maximum absolute atomic E-state index is 6.14. The van der Waals surface area contributed by atoms with Gasteiger partial charge in [-0.1, -0.05) is 29.3 Å². The summed E-state index contributed by atoms with van der Waals surface area (Å²) in [5.74, 6) is 0.371. The van der Waals surface area contributed by atoms with Gasteiger partial charge >= 0.3 is 0 Å². The van der Waals surface area contributed by atoms with Crippen LogP contribution in [0.1, 0.15) is 32.4 Å². The Kier molecular flexibility index (Phi) is 10.4. The molecule has 1 atom stereocenters. The molecule has 3 N–H and O–H groups in total. The minimum absolute atomic E-state index is 0. The summed E-state index contributed by atoms with van der Waals surface area (Å²) in [5.41, 5.74) is 6.75. The third-order valence-electron chi connectivity index (χ3n) is 2.62. The second-order valence-electron chi connectivity index (χ2n) is 4.72. The zero-order valence-corrected chi connectivity index (χ0v) is 16.2. The van der Waals surface area contributed by atoms with Gasteiger partial charge < -0.3 is 15.8 Å². The average Bonchev–Trinajstić information content (AvgIpc) is 2.34. The van der Waals surface area contributed by atoms with Crippen LogP contribution in [0.2, 0.25) is 10.0 Å². The SMILES string of the molecule is CC(C)OCCN=C(N)NC(C)c1ccc(Cl)cc1Cl.I. The van der Waals surface area contributed by atoms with Crippen LogP contribution < -0.4 is 11.1 Å². The van der Waals surface area contributed by atoms with Crippen LogP contribution in [0, 0.1) is 0 Å². The summed E-state index contributed by atoms with van der Waals surface area (Å²) in [7, 11) is 0. The largest absolute Gasteiger partial charge is 0.377 e. The number of hydrogen-bond donors (Lipinski definition) is 2. The highest BCUT2D eigenvalue weighted by Gasteiger charge is 2.10. The monoisotopic (exact) mass is 445 g/mol. The summed E-state index contributed by atoms with van der Waals surface area (Å²) in [6.07, 6.45) is 0.200. The van der Waals surface area contributed by atoms with Crippen molar-refractivity contribution in [3.8, 4) is 0 Å². The first-order chi connectivity index (χ1) is 9.40. The first-order valence-electron chi connectivity index (χ1n) is 6.53. The number of halogens is 3. The van der Waals surface area contributed by atoms with Crippen LogP contribution in [0.25, 0.3) is 0 Å². The molecule has 1 unspecified atom stereocenters. The van der Waals surface area contributed by atoms with Crippen molar-refractivity contribution in [2.24, 2.45) is 10.7 Å². The Hall–Kier alpha value is -0.240. The van der Waals surface area contributed by atoms with E-state index in [0.29, 0.717) is 29.2 Å². The number of guanidine groups is 1. The molecule has 7 heteroatoms. The Labute approximate surface area is 153 Å². The van der Waals surface area contributed by atoms with E-state index in [0.717, 1.165) is 5.56 Å². The molecule has 1 aromatic rings. The van der Waals surface area contributed by atoms with Gasteiger partial charge in [0, 0.05) is 10.0 Å². The average molecular weight is 446 g/mol. The first-order valence-corrected chi connectivity index (χ1v) is 7.28. The van der Waals surface area contributed by atoms with Gasteiger partial charge in [0.2, 0.25) is 0 Å². The van der Waals surface area contributed by atoms with E-state index in [2.05, 4.69) is 10.3 Å². The highest BCUT2D eigenvalue weighted by Crippen LogP contribution is 2.25. The predicted octanol–water partition coefficient (Wildman–Crippen LogP) is 4.00. The van der Waals surface area contributed by atoms with Gasteiger partial charge in [-0.05, 0) is 38.5 Å². The predicted molar refractivity (Wildman–Crippen MR) is 101 cm³/mol. The standard InChI is InChI=1S/C14H21Cl2N3O.HI/c1-9(2)20-7-6-18-14(17)19-10(3)12-5-4-11(15)8-13(12)16;/h4-5,8-10H,6-7H2,1-3H3,(H3,17,18,19);1H. The van der Waals surface area contributed by atoms with Crippen LogP contribution in [-0.4, -0.2) is 25.2 Å². The highest BCUT2D eigenvalue weighted by atomic mass is 127. The van der Waals surface area contributed by atoms with Gasteiger partial charge in [-0.3, -0.25) is 4.99 Å². The van der Waals surface area contributed by atoms with E-state index in [1.807, 2.05) is 26.8 Å². The number of benzene rings is 1. The zero-order chi connectivity index (χ0) is 15.1. The van der Waals surface area contributed by atoms with Crippen molar-refractivity contribution < 1.29 is 4.74 Å². The topological polar surface area (TPSA) is 59.6 Å². The van der Waals surface area contributed by atoms with E-state index in [4.69, 9.17) is 33.7 Å². The Morgan fingerprint density at radius 1 is 1.33 bits per heavy atom. The molecule has 0 amide bonds. The Bertz CT molecular complexity index is 470. The maximum Gasteiger partial charge on any atom is 0.189 e. The normalized spacial score (nSPS) is 13.0. The minimum atomic E-state index is -0.0467. The number of rotatable bonds is 6. The Balaban J connectivity index is 0.00000400. The first kappa shape index (κ1) is 20.8. The fraction of sp³-hybridized carbons (Fsp3) is 0.500. The van der Waals surface area contributed by atoms with E-state index < -0.39 is 0 Å². The Morgan fingerprint density at radius 3 is 2.57 bits per heavy atom. The smallest absolute Gasteiger partial charge is 0.189 e. The molecule has 0 bridgehead atoms. The van der Waals surface area contributed by atoms with Gasteiger partial charge in [-0.15, -0.1) is 24.0 Å². The third kappa shape index (κ3) is 8.09. The van der Waals surface area contributed by atoms with Gasteiger partial charge in [-0.2, -0.15) is 0 Å². The van der Waals surface area contributed by atoms with Gasteiger partial charge in [-0.25, -0.2) is 0 Å². The second-order valence-corrected chi connectivity index (χ2v) is 5.56. The van der Waals surface area contributed by atoms with Gasteiger partial charge in [0.15, 0.2) is 5.96 Å². The quantitative estimate of drug-likeness (QED) is 0.301. The van der Waals surface area contributed by atoms with E-state index in [1.54, 1.807) is 12.1 Å². The molecule has 0 radical (unpaired) electrons. The zero-order valence-electron chi connectivity index (χ0n) is 12.4. The maximum atomic E-state index is 6.14. The van der Waals surface area contributed by atoms with Crippen molar-refractivity contribution in [2.45, 2.75) is 32.9 Å². The van der Waals surface area contributed by atoms with Gasteiger partial charge in [0.1, 0.15) is 0 Å². The van der Waals surface area contributed by atoms with Crippen LogP contribution in [-0.2, 0) is 4.74 Å². The molecule has 0 saturated carbocycles. The molecule has 0 aliphatic carbocycles. The molecule has 0 fully saturated rings. The lowest BCUT2D eigenvalue weighted by Crippen LogP contribution is -2.34. The van der Waals surface area contributed by atoms with Crippen molar-refractivity contribution in [3.05, 3.63) is 33.8 Å². The fourth-order valence-corrected chi connectivity index (χ4v) is 2.22. The molecule has 4 nitrogen and oxygen atoms in total. The number of nitrogens with one attached hydrogen (secondary N) is 1. The molecule has 1 rings (SSSR count). The summed E-state index contributed by atoms with van der Waals surface area (Å²) in [4.78, 5) is 4.20. The number of ether oxygens (including phenoxy) is 1. The molecule has 0 saturated heterocycles. The molecule has 0 aromatic heterocycles. The molecule has 0 aliphatic heterocycles.